The SMILES string of the molecule is CC(C)=C(N)CCC=NN. The summed E-state index contributed by atoms with van der Waals surface area (Å²) in [4.78, 5) is 0. The fourth-order valence-corrected chi connectivity index (χ4v) is 0.545. The number of nitrogens with two attached hydrogens (primary N) is 2. The van der Waals surface area contributed by atoms with Gasteiger partial charge in [-0.25, -0.2) is 0 Å². The summed E-state index contributed by atoms with van der Waals surface area (Å²) in [6, 6.07) is 0. The molecule has 0 aliphatic heterocycles. The van der Waals surface area contributed by atoms with Crippen molar-refractivity contribution in [2.24, 2.45) is 16.7 Å². The van der Waals surface area contributed by atoms with Gasteiger partial charge in [0, 0.05) is 11.9 Å². The third-order valence-electron chi connectivity index (χ3n) is 1.29. The molecule has 0 amide bonds. The maximum absolute atomic E-state index is 5.63. The number of hydrazone groups is 1. The van der Waals surface area contributed by atoms with Crippen molar-refractivity contribution in [3.8, 4) is 0 Å². The van der Waals surface area contributed by atoms with E-state index in [4.69, 9.17) is 11.6 Å². The molecule has 0 rings (SSSR count). The first-order valence-corrected chi connectivity index (χ1v) is 3.32. The molecule has 0 aromatic rings. The molecule has 3 heteroatoms. The third kappa shape index (κ3) is 3.95. The Kier molecular flexibility index (Phi) is 4.37. The zero-order valence-corrected chi connectivity index (χ0v) is 6.59. The van der Waals surface area contributed by atoms with E-state index in [0.717, 1.165) is 18.5 Å². The highest BCUT2D eigenvalue weighted by Crippen LogP contribution is 2.01. The van der Waals surface area contributed by atoms with E-state index in [1.165, 1.54) is 5.57 Å². The van der Waals surface area contributed by atoms with Gasteiger partial charge in [-0.15, -0.1) is 0 Å². The first-order chi connectivity index (χ1) is 4.68. The summed E-state index contributed by atoms with van der Waals surface area (Å²) >= 11 is 0. The summed E-state index contributed by atoms with van der Waals surface area (Å²) in [5, 5.41) is 3.36. The number of hydrogen-bond acceptors (Lipinski definition) is 3. The molecule has 3 nitrogen and oxygen atoms in total. The summed E-state index contributed by atoms with van der Waals surface area (Å²) in [5.74, 6) is 4.90. The normalized spacial score (nSPS) is 10.2. The maximum Gasteiger partial charge on any atom is 0.0244 e. The van der Waals surface area contributed by atoms with E-state index in [9.17, 15) is 0 Å². The highest BCUT2D eigenvalue weighted by Gasteiger charge is 1.90. The molecule has 0 aliphatic rings. The van der Waals surface area contributed by atoms with Crippen LogP contribution in [0.3, 0.4) is 0 Å². The van der Waals surface area contributed by atoms with Gasteiger partial charge in [-0.05, 0) is 26.7 Å². The van der Waals surface area contributed by atoms with Crippen LogP contribution in [0.5, 0.6) is 0 Å². The van der Waals surface area contributed by atoms with Gasteiger partial charge >= 0.3 is 0 Å². The largest absolute Gasteiger partial charge is 0.402 e. The van der Waals surface area contributed by atoms with Gasteiger partial charge < -0.3 is 11.6 Å². The van der Waals surface area contributed by atoms with Crippen LogP contribution in [-0.4, -0.2) is 6.21 Å². The molecule has 10 heavy (non-hydrogen) atoms. The predicted molar refractivity (Wildman–Crippen MR) is 44.5 cm³/mol. The van der Waals surface area contributed by atoms with Crippen molar-refractivity contribution < 1.29 is 0 Å². The van der Waals surface area contributed by atoms with Gasteiger partial charge in [0.1, 0.15) is 0 Å². The van der Waals surface area contributed by atoms with Crippen molar-refractivity contribution in [1.29, 1.82) is 0 Å². The van der Waals surface area contributed by atoms with Crippen molar-refractivity contribution >= 4 is 6.21 Å². The van der Waals surface area contributed by atoms with Gasteiger partial charge in [0.25, 0.3) is 0 Å². The smallest absolute Gasteiger partial charge is 0.0244 e. The Hall–Kier alpha value is -0.990. The minimum atomic E-state index is 0.827. The Balaban J connectivity index is 3.60. The van der Waals surface area contributed by atoms with E-state index in [0.29, 0.717) is 0 Å². The van der Waals surface area contributed by atoms with Crippen LogP contribution in [0.25, 0.3) is 0 Å². The summed E-state index contributed by atoms with van der Waals surface area (Å²) in [6.07, 6.45) is 3.34. The van der Waals surface area contributed by atoms with Crippen LogP contribution >= 0.6 is 0 Å². The van der Waals surface area contributed by atoms with Crippen LogP contribution in [0.15, 0.2) is 16.4 Å². The van der Waals surface area contributed by atoms with Gasteiger partial charge in [0.05, 0.1) is 0 Å². The van der Waals surface area contributed by atoms with Crippen LogP contribution < -0.4 is 11.6 Å². The lowest BCUT2D eigenvalue weighted by Crippen LogP contribution is -1.99. The molecule has 0 atom stereocenters. The van der Waals surface area contributed by atoms with Gasteiger partial charge in [0.15, 0.2) is 0 Å². The molecule has 0 aliphatic carbocycles. The Bertz CT molecular complexity index is 143. The molecule has 0 aromatic heterocycles. The van der Waals surface area contributed by atoms with Crippen LogP contribution in [0.4, 0.5) is 0 Å². The highest BCUT2D eigenvalue weighted by molar-refractivity contribution is 5.56. The molecule has 0 bridgehead atoms. The molecule has 0 saturated carbocycles. The zero-order valence-electron chi connectivity index (χ0n) is 6.59. The van der Waals surface area contributed by atoms with Crippen molar-refractivity contribution in [3.05, 3.63) is 11.3 Å². The van der Waals surface area contributed by atoms with Crippen LogP contribution in [-0.2, 0) is 0 Å². The lowest BCUT2D eigenvalue weighted by Gasteiger charge is -1.99. The number of hydrogen-bond donors (Lipinski definition) is 2. The second-order valence-corrected chi connectivity index (χ2v) is 2.40. The second-order valence-electron chi connectivity index (χ2n) is 2.40. The average molecular weight is 141 g/mol. The molecule has 58 valence electrons. The molecule has 0 heterocycles. The van der Waals surface area contributed by atoms with Crippen molar-refractivity contribution in [2.45, 2.75) is 26.7 Å². The number of allylic oxidation sites excluding steroid dienone is 2. The van der Waals surface area contributed by atoms with Crippen LogP contribution in [0.2, 0.25) is 0 Å². The van der Waals surface area contributed by atoms with E-state index >= 15 is 0 Å². The predicted octanol–water partition coefficient (Wildman–Crippen LogP) is 0.964. The van der Waals surface area contributed by atoms with Crippen molar-refractivity contribution in [3.63, 3.8) is 0 Å². The Morgan fingerprint density at radius 3 is 2.50 bits per heavy atom. The summed E-state index contributed by atoms with van der Waals surface area (Å²) in [5.41, 5.74) is 7.74. The van der Waals surface area contributed by atoms with Crippen LogP contribution in [0.1, 0.15) is 26.7 Å². The Morgan fingerprint density at radius 2 is 2.10 bits per heavy atom. The zero-order chi connectivity index (χ0) is 7.98. The highest BCUT2D eigenvalue weighted by atomic mass is 15.1. The fourth-order valence-electron chi connectivity index (χ4n) is 0.545. The van der Waals surface area contributed by atoms with E-state index in [1.807, 2.05) is 13.8 Å². The minimum absolute atomic E-state index is 0.827. The summed E-state index contributed by atoms with van der Waals surface area (Å²) in [6.45, 7) is 3.99. The van der Waals surface area contributed by atoms with Crippen molar-refractivity contribution in [1.82, 2.24) is 0 Å². The quantitative estimate of drug-likeness (QED) is 0.349. The average Bonchev–Trinajstić information content (AvgIpc) is 1.88. The van der Waals surface area contributed by atoms with Crippen LogP contribution in [0, 0.1) is 0 Å². The molecule has 4 N–H and O–H groups in total. The van der Waals surface area contributed by atoms with Gasteiger partial charge in [-0.2, -0.15) is 5.10 Å². The van der Waals surface area contributed by atoms with E-state index in [2.05, 4.69) is 5.10 Å². The van der Waals surface area contributed by atoms with Gasteiger partial charge in [-0.3, -0.25) is 0 Å². The number of nitrogens with zero attached hydrogens (tertiary/aromatic N) is 1. The Labute approximate surface area is 61.8 Å². The Morgan fingerprint density at radius 1 is 1.50 bits per heavy atom. The first kappa shape index (κ1) is 9.01. The molecule has 0 fully saturated rings. The molecule has 0 saturated heterocycles. The lowest BCUT2D eigenvalue weighted by atomic mass is 10.2. The topological polar surface area (TPSA) is 64.4 Å². The van der Waals surface area contributed by atoms with Gasteiger partial charge in [0.2, 0.25) is 0 Å². The molecule has 0 aromatic carbocycles. The second kappa shape index (κ2) is 4.85. The third-order valence-corrected chi connectivity index (χ3v) is 1.29. The maximum atomic E-state index is 5.63. The monoisotopic (exact) mass is 141 g/mol. The summed E-state index contributed by atoms with van der Waals surface area (Å²) < 4.78 is 0. The molecule has 0 spiro atoms. The molecule has 0 radical (unpaired) electrons. The minimum Gasteiger partial charge on any atom is -0.402 e. The number of rotatable bonds is 3. The standard InChI is InChI=1S/C7H15N3/c1-6(2)7(8)4-3-5-10-9/h5H,3-4,8-9H2,1-2H3. The van der Waals surface area contributed by atoms with E-state index in [-0.39, 0.29) is 0 Å². The molecule has 0 unspecified atom stereocenters. The molecular weight excluding hydrogens is 126 g/mol. The summed E-state index contributed by atoms with van der Waals surface area (Å²) in [7, 11) is 0. The van der Waals surface area contributed by atoms with E-state index < -0.39 is 0 Å². The first-order valence-electron chi connectivity index (χ1n) is 3.32. The van der Waals surface area contributed by atoms with Crippen molar-refractivity contribution in [2.75, 3.05) is 0 Å². The molecular formula is C7H15N3. The van der Waals surface area contributed by atoms with E-state index in [1.54, 1.807) is 6.21 Å². The lowest BCUT2D eigenvalue weighted by molar-refractivity contribution is 0.967. The van der Waals surface area contributed by atoms with Gasteiger partial charge in [-0.1, -0.05) is 5.57 Å². The fraction of sp³-hybridized carbons (Fsp3) is 0.571.